The number of hydrogen-bond acceptors (Lipinski definition) is 4. The highest BCUT2D eigenvalue weighted by atomic mass is 16.6. The van der Waals surface area contributed by atoms with E-state index < -0.39 is 12.1 Å². The van der Waals surface area contributed by atoms with Crippen LogP contribution in [0.2, 0.25) is 0 Å². The molecule has 0 radical (unpaired) electrons. The SMILES string of the molecule is O=C(O[C@H](CO)CCCO)c1ccccc1. The van der Waals surface area contributed by atoms with Crippen LogP contribution < -0.4 is 0 Å². The predicted octanol–water partition coefficient (Wildman–Crippen LogP) is 0.977. The Hall–Kier alpha value is -1.39. The minimum atomic E-state index is -0.542. The summed E-state index contributed by atoms with van der Waals surface area (Å²) in [5, 5.41) is 17.6. The van der Waals surface area contributed by atoms with E-state index in [1.165, 1.54) is 0 Å². The molecular formula is C12H16O4. The van der Waals surface area contributed by atoms with E-state index in [1.807, 2.05) is 6.07 Å². The third-order valence-corrected chi connectivity index (χ3v) is 2.17. The number of aliphatic hydroxyl groups is 2. The van der Waals surface area contributed by atoms with E-state index in [1.54, 1.807) is 24.3 Å². The molecule has 88 valence electrons. The Kier molecular flexibility index (Phi) is 5.53. The van der Waals surface area contributed by atoms with Crippen LogP contribution in [0, 0.1) is 0 Å². The van der Waals surface area contributed by atoms with Crippen molar-refractivity contribution in [2.75, 3.05) is 13.2 Å². The van der Waals surface area contributed by atoms with Crippen molar-refractivity contribution in [1.82, 2.24) is 0 Å². The number of carbonyl (C=O) groups excluding carboxylic acids is 1. The lowest BCUT2D eigenvalue weighted by Crippen LogP contribution is -2.22. The van der Waals surface area contributed by atoms with Crippen LogP contribution in [0.25, 0.3) is 0 Å². The number of aliphatic hydroxyl groups excluding tert-OH is 2. The van der Waals surface area contributed by atoms with E-state index in [9.17, 15) is 4.79 Å². The summed E-state index contributed by atoms with van der Waals surface area (Å²) >= 11 is 0. The highest BCUT2D eigenvalue weighted by Gasteiger charge is 2.14. The number of carbonyl (C=O) groups is 1. The van der Waals surface area contributed by atoms with Crippen molar-refractivity contribution >= 4 is 5.97 Å². The van der Waals surface area contributed by atoms with Crippen LogP contribution in [0.15, 0.2) is 30.3 Å². The normalized spacial score (nSPS) is 12.1. The lowest BCUT2D eigenvalue weighted by Gasteiger charge is -2.14. The molecule has 0 saturated heterocycles. The van der Waals surface area contributed by atoms with E-state index in [0.717, 1.165) is 0 Å². The summed E-state index contributed by atoms with van der Waals surface area (Å²) in [6.45, 7) is -0.196. The molecule has 0 saturated carbocycles. The van der Waals surface area contributed by atoms with Crippen LogP contribution in [-0.4, -0.2) is 35.5 Å². The molecule has 2 N–H and O–H groups in total. The molecule has 0 heterocycles. The zero-order chi connectivity index (χ0) is 11.8. The molecule has 1 rings (SSSR count). The Morgan fingerprint density at radius 1 is 1.25 bits per heavy atom. The van der Waals surface area contributed by atoms with Crippen molar-refractivity contribution in [1.29, 1.82) is 0 Å². The first kappa shape index (κ1) is 12.7. The summed E-state index contributed by atoms with van der Waals surface area (Å²) in [6, 6.07) is 8.62. The third kappa shape index (κ3) is 4.00. The Labute approximate surface area is 94.5 Å². The van der Waals surface area contributed by atoms with Crippen molar-refractivity contribution in [2.24, 2.45) is 0 Å². The summed E-state index contributed by atoms with van der Waals surface area (Å²) in [6.07, 6.45) is 0.429. The molecule has 16 heavy (non-hydrogen) atoms. The van der Waals surface area contributed by atoms with Gasteiger partial charge in [-0.3, -0.25) is 0 Å². The molecule has 4 nitrogen and oxygen atoms in total. The number of rotatable bonds is 6. The maximum atomic E-state index is 11.6. The topological polar surface area (TPSA) is 66.8 Å². The maximum Gasteiger partial charge on any atom is 0.338 e. The lowest BCUT2D eigenvalue weighted by atomic mass is 10.2. The zero-order valence-corrected chi connectivity index (χ0v) is 9.00. The van der Waals surface area contributed by atoms with E-state index in [0.29, 0.717) is 18.4 Å². The zero-order valence-electron chi connectivity index (χ0n) is 9.00. The first-order chi connectivity index (χ1) is 7.77. The van der Waals surface area contributed by atoms with Crippen molar-refractivity contribution in [2.45, 2.75) is 18.9 Å². The fourth-order valence-corrected chi connectivity index (χ4v) is 1.30. The van der Waals surface area contributed by atoms with Gasteiger partial charge >= 0.3 is 5.97 Å². The van der Waals surface area contributed by atoms with Gasteiger partial charge in [-0.2, -0.15) is 0 Å². The standard InChI is InChI=1S/C12H16O4/c13-8-4-7-11(9-14)16-12(15)10-5-2-1-3-6-10/h1-3,5-6,11,13-14H,4,7-9H2/t11-/m0/s1. The molecule has 0 aliphatic carbocycles. The van der Waals surface area contributed by atoms with Crippen molar-refractivity contribution < 1.29 is 19.7 Å². The molecule has 0 aliphatic rings. The predicted molar refractivity (Wildman–Crippen MR) is 59.1 cm³/mol. The highest BCUT2D eigenvalue weighted by Crippen LogP contribution is 2.07. The van der Waals surface area contributed by atoms with Gasteiger partial charge in [-0.1, -0.05) is 18.2 Å². The molecule has 1 aromatic rings. The smallest absolute Gasteiger partial charge is 0.338 e. The monoisotopic (exact) mass is 224 g/mol. The maximum absolute atomic E-state index is 11.6. The van der Waals surface area contributed by atoms with E-state index in [2.05, 4.69) is 0 Å². The van der Waals surface area contributed by atoms with Gasteiger partial charge in [0.15, 0.2) is 0 Å². The molecule has 0 aliphatic heterocycles. The van der Waals surface area contributed by atoms with Crippen LogP contribution in [-0.2, 0) is 4.74 Å². The highest BCUT2D eigenvalue weighted by molar-refractivity contribution is 5.89. The Morgan fingerprint density at radius 3 is 2.50 bits per heavy atom. The fraction of sp³-hybridized carbons (Fsp3) is 0.417. The number of ether oxygens (including phenoxy) is 1. The molecule has 0 amide bonds. The molecular weight excluding hydrogens is 208 g/mol. The second kappa shape index (κ2) is 6.98. The minimum absolute atomic E-state index is 0.0272. The van der Waals surface area contributed by atoms with Crippen LogP contribution in [0.4, 0.5) is 0 Å². The Bertz CT molecular complexity index is 310. The van der Waals surface area contributed by atoms with Crippen molar-refractivity contribution in [3.63, 3.8) is 0 Å². The minimum Gasteiger partial charge on any atom is -0.456 e. The van der Waals surface area contributed by atoms with Gasteiger partial charge < -0.3 is 14.9 Å². The molecule has 0 unspecified atom stereocenters. The van der Waals surface area contributed by atoms with Crippen LogP contribution in [0.3, 0.4) is 0 Å². The fourth-order valence-electron chi connectivity index (χ4n) is 1.30. The summed E-state index contributed by atoms with van der Waals surface area (Å²) < 4.78 is 5.09. The van der Waals surface area contributed by atoms with E-state index in [-0.39, 0.29) is 13.2 Å². The first-order valence-electron chi connectivity index (χ1n) is 5.25. The van der Waals surface area contributed by atoms with Gasteiger partial charge in [0.1, 0.15) is 6.10 Å². The number of esters is 1. The molecule has 0 bridgehead atoms. The summed E-state index contributed by atoms with van der Waals surface area (Å²) in [5.74, 6) is -0.447. The lowest BCUT2D eigenvalue weighted by molar-refractivity contribution is 0.00958. The average molecular weight is 224 g/mol. The Balaban J connectivity index is 2.49. The first-order valence-corrected chi connectivity index (χ1v) is 5.25. The molecule has 1 atom stereocenters. The third-order valence-electron chi connectivity index (χ3n) is 2.17. The van der Waals surface area contributed by atoms with Crippen molar-refractivity contribution in [3.8, 4) is 0 Å². The molecule has 0 fully saturated rings. The molecule has 1 aromatic carbocycles. The molecule has 0 spiro atoms. The van der Waals surface area contributed by atoms with Crippen molar-refractivity contribution in [3.05, 3.63) is 35.9 Å². The largest absolute Gasteiger partial charge is 0.456 e. The van der Waals surface area contributed by atoms with Gasteiger partial charge in [-0.05, 0) is 25.0 Å². The second-order valence-electron chi connectivity index (χ2n) is 3.44. The summed E-state index contributed by atoms with van der Waals surface area (Å²) in [4.78, 5) is 11.6. The average Bonchev–Trinajstić information content (AvgIpc) is 2.35. The van der Waals surface area contributed by atoms with Gasteiger partial charge in [0.25, 0.3) is 0 Å². The van der Waals surface area contributed by atoms with Crippen LogP contribution in [0.1, 0.15) is 23.2 Å². The van der Waals surface area contributed by atoms with Gasteiger partial charge in [0.2, 0.25) is 0 Å². The van der Waals surface area contributed by atoms with Gasteiger partial charge in [0.05, 0.1) is 12.2 Å². The Morgan fingerprint density at radius 2 is 1.94 bits per heavy atom. The van der Waals surface area contributed by atoms with Crippen LogP contribution >= 0.6 is 0 Å². The summed E-state index contributed by atoms with van der Waals surface area (Å²) in [5.41, 5.74) is 0.463. The summed E-state index contributed by atoms with van der Waals surface area (Å²) in [7, 11) is 0. The van der Waals surface area contributed by atoms with Crippen LogP contribution in [0.5, 0.6) is 0 Å². The number of benzene rings is 1. The van der Waals surface area contributed by atoms with Gasteiger partial charge in [-0.15, -0.1) is 0 Å². The number of hydrogen-bond donors (Lipinski definition) is 2. The molecule has 4 heteroatoms. The van der Waals surface area contributed by atoms with Gasteiger partial charge in [0, 0.05) is 6.61 Å². The van der Waals surface area contributed by atoms with E-state index >= 15 is 0 Å². The van der Waals surface area contributed by atoms with Gasteiger partial charge in [-0.25, -0.2) is 4.79 Å². The molecule has 0 aromatic heterocycles. The van der Waals surface area contributed by atoms with E-state index in [4.69, 9.17) is 14.9 Å². The quantitative estimate of drug-likeness (QED) is 0.707. The second-order valence-corrected chi connectivity index (χ2v) is 3.44.